The molecule has 1 aromatic rings. The first kappa shape index (κ1) is 17.9. The van der Waals surface area contributed by atoms with Crippen LogP contribution >= 0.6 is 11.3 Å². The lowest BCUT2D eigenvalue weighted by atomic mass is 10.0. The summed E-state index contributed by atoms with van der Waals surface area (Å²) >= 11 is 1.53. The molecule has 23 heavy (non-hydrogen) atoms. The zero-order valence-corrected chi connectivity index (χ0v) is 14.7. The fourth-order valence-electron chi connectivity index (χ4n) is 2.98. The number of nitrogens with one attached hydrogen (secondary N) is 1. The van der Waals surface area contributed by atoms with Gasteiger partial charge in [0.15, 0.2) is 0 Å². The van der Waals surface area contributed by atoms with E-state index in [1.54, 1.807) is 0 Å². The van der Waals surface area contributed by atoms with Crippen LogP contribution in [0.15, 0.2) is 16.8 Å². The van der Waals surface area contributed by atoms with Crippen molar-refractivity contribution >= 4 is 23.2 Å². The fourth-order valence-corrected chi connectivity index (χ4v) is 3.62. The first-order chi connectivity index (χ1) is 11.2. The van der Waals surface area contributed by atoms with Gasteiger partial charge in [0.25, 0.3) is 5.91 Å². The van der Waals surface area contributed by atoms with Gasteiger partial charge < -0.3 is 10.1 Å². The number of carbonyl (C=O) groups excluding carboxylic acids is 2. The van der Waals surface area contributed by atoms with Crippen molar-refractivity contribution in [1.29, 1.82) is 0 Å². The molecule has 1 unspecified atom stereocenters. The molecule has 2 heterocycles. The third kappa shape index (κ3) is 5.04. The van der Waals surface area contributed by atoms with Crippen LogP contribution < -0.4 is 5.32 Å². The highest BCUT2D eigenvalue weighted by atomic mass is 32.1. The summed E-state index contributed by atoms with van der Waals surface area (Å²) < 4.78 is 5.20. The Bertz CT molecular complexity index is 496. The van der Waals surface area contributed by atoms with E-state index in [0.29, 0.717) is 6.61 Å². The molecular formula is C17H26N2O3S. The Morgan fingerprint density at radius 3 is 2.70 bits per heavy atom. The van der Waals surface area contributed by atoms with E-state index in [9.17, 15) is 9.59 Å². The van der Waals surface area contributed by atoms with Gasteiger partial charge in [-0.2, -0.15) is 11.3 Å². The Kier molecular flexibility index (Phi) is 7.05. The number of amides is 1. The van der Waals surface area contributed by atoms with Crippen LogP contribution in [-0.2, 0) is 9.53 Å². The number of esters is 1. The van der Waals surface area contributed by atoms with Gasteiger partial charge in [-0.05, 0) is 37.6 Å². The molecule has 0 bridgehead atoms. The smallest absolute Gasteiger partial charge is 0.323 e. The Morgan fingerprint density at radius 1 is 1.39 bits per heavy atom. The maximum Gasteiger partial charge on any atom is 0.323 e. The molecular weight excluding hydrogens is 312 g/mol. The number of nitrogens with zero attached hydrogens (tertiary/aromatic N) is 1. The lowest BCUT2D eigenvalue weighted by Crippen LogP contribution is -2.50. The average molecular weight is 338 g/mol. The first-order valence-electron chi connectivity index (χ1n) is 8.39. The number of hydrogen-bond acceptors (Lipinski definition) is 5. The van der Waals surface area contributed by atoms with Crippen molar-refractivity contribution < 1.29 is 14.3 Å². The quantitative estimate of drug-likeness (QED) is 0.777. The lowest BCUT2D eigenvalue weighted by molar-refractivity contribution is -0.150. The van der Waals surface area contributed by atoms with Crippen molar-refractivity contribution in [1.82, 2.24) is 10.2 Å². The summed E-state index contributed by atoms with van der Waals surface area (Å²) in [5.41, 5.74) is 0.729. The van der Waals surface area contributed by atoms with E-state index in [1.807, 2.05) is 23.8 Å². The minimum atomic E-state index is -0.145. The van der Waals surface area contributed by atoms with Crippen molar-refractivity contribution in [2.45, 2.75) is 51.6 Å². The van der Waals surface area contributed by atoms with Crippen LogP contribution in [0.3, 0.4) is 0 Å². The second kappa shape index (κ2) is 9.03. The van der Waals surface area contributed by atoms with E-state index in [1.165, 1.54) is 11.3 Å². The minimum Gasteiger partial charge on any atom is -0.465 e. The summed E-state index contributed by atoms with van der Waals surface area (Å²) in [5, 5.41) is 6.86. The molecule has 1 aliphatic heterocycles. The van der Waals surface area contributed by atoms with E-state index < -0.39 is 0 Å². The molecule has 1 N–H and O–H groups in total. The van der Waals surface area contributed by atoms with Gasteiger partial charge in [0.05, 0.1) is 6.61 Å². The Balaban J connectivity index is 1.84. The first-order valence-corrected chi connectivity index (χ1v) is 9.33. The highest BCUT2D eigenvalue weighted by molar-refractivity contribution is 7.08. The monoisotopic (exact) mass is 338 g/mol. The van der Waals surface area contributed by atoms with Crippen LogP contribution in [0, 0.1) is 0 Å². The number of rotatable bonds is 7. The summed E-state index contributed by atoms with van der Waals surface area (Å²) in [6.07, 6.45) is 3.52. The van der Waals surface area contributed by atoms with Crippen LogP contribution in [0.1, 0.15) is 49.9 Å². The molecule has 1 aliphatic rings. The van der Waals surface area contributed by atoms with Crippen LogP contribution in [0.2, 0.25) is 0 Å². The zero-order valence-electron chi connectivity index (χ0n) is 13.9. The third-order valence-electron chi connectivity index (χ3n) is 4.21. The highest BCUT2D eigenvalue weighted by Crippen LogP contribution is 2.18. The van der Waals surface area contributed by atoms with E-state index in [-0.39, 0.29) is 24.0 Å². The third-order valence-corrected chi connectivity index (χ3v) is 4.89. The molecule has 128 valence electrons. The van der Waals surface area contributed by atoms with Crippen LogP contribution in [0.4, 0.5) is 0 Å². The van der Waals surface area contributed by atoms with Gasteiger partial charge in [0.1, 0.15) is 6.04 Å². The van der Waals surface area contributed by atoms with Gasteiger partial charge in [0.2, 0.25) is 0 Å². The zero-order chi connectivity index (χ0) is 16.7. The van der Waals surface area contributed by atoms with Crippen molar-refractivity contribution in [3.05, 3.63) is 22.4 Å². The molecule has 1 amide bonds. The van der Waals surface area contributed by atoms with Crippen molar-refractivity contribution in [2.24, 2.45) is 0 Å². The summed E-state index contributed by atoms with van der Waals surface area (Å²) in [6.45, 7) is 5.98. The molecule has 5 nitrogen and oxygen atoms in total. The van der Waals surface area contributed by atoms with Gasteiger partial charge >= 0.3 is 5.97 Å². The molecule has 0 spiro atoms. The van der Waals surface area contributed by atoms with Crippen molar-refractivity contribution in [3.8, 4) is 0 Å². The summed E-state index contributed by atoms with van der Waals surface area (Å²) in [4.78, 5) is 26.4. The summed E-state index contributed by atoms with van der Waals surface area (Å²) in [5.74, 6) is -0.115. The van der Waals surface area contributed by atoms with Gasteiger partial charge in [0, 0.05) is 30.1 Å². The average Bonchev–Trinajstić information content (AvgIpc) is 3.08. The molecule has 1 aromatic heterocycles. The maximum absolute atomic E-state index is 12.1. The molecule has 1 atom stereocenters. The minimum absolute atomic E-state index is 0.000186. The second-order valence-electron chi connectivity index (χ2n) is 5.85. The van der Waals surface area contributed by atoms with E-state index >= 15 is 0 Å². The maximum atomic E-state index is 12.1. The molecule has 1 fully saturated rings. The summed E-state index contributed by atoms with van der Waals surface area (Å²) in [7, 11) is 0. The molecule has 2 rings (SSSR count). The normalized spacial score (nSPS) is 17.7. The van der Waals surface area contributed by atoms with Gasteiger partial charge in [-0.3, -0.25) is 14.5 Å². The predicted octanol–water partition coefficient (Wildman–Crippen LogP) is 2.67. The number of piperidine rings is 1. The molecule has 0 radical (unpaired) electrons. The number of ether oxygens (including phenoxy) is 1. The molecule has 0 saturated carbocycles. The molecule has 6 heteroatoms. The fraction of sp³-hybridized carbons (Fsp3) is 0.647. The largest absolute Gasteiger partial charge is 0.465 e. The SMILES string of the molecule is CCCC(C(=O)OCC)N1CCC(NC(=O)c2ccsc2)CC1. The standard InChI is InChI=1S/C17H26N2O3S/c1-3-5-15(17(21)22-4-2)19-9-6-14(7-10-19)18-16(20)13-8-11-23-12-13/h8,11-12,14-15H,3-7,9-10H2,1-2H3,(H,18,20). The molecule has 1 saturated heterocycles. The topological polar surface area (TPSA) is 58.6 Å². The number of likely N-dealkylation sites (tertiary alicyclic amines) is 1. The van der Waals surface area contributed by atoms with Gasteiger partial charge in [-0.25, -0.2) is 0 Å². The Labute approximate surface area is 142 Å². The van der Waals surface area contributed by atoms with E-state index in [4.69, 9.17) is 4.74 Å². The Hall–Kier alpha value is -1.40. The molecule has 0 aromatic carbocycles. The van der Waals surface area contributed by atoms with Gasteiger partial charge in [-0.15, -0.1) is 0 Å². The van der Waals surface area contributed by atoms with Crippen LogP contribution in [-0.4, -0.2) is 48.6 Å². The van der Waals surface area contributed by atoms with Crippen LogP contribution in [0.25, 0.3) is 0 Å². The van der Waals surface area contributed by atoms with E-state index in [0.717, 1.165) is 44.3 Å². The predicted molar refractivity (Wildman–Crippen MR) is 91.7 cm³/mol. The van der Waals surface area contributed by atoms with Crippen LogP contribution in [0.5, 0.6) is 0 Å². The van der Waals surface area contributed by atoms with Crippen molar-refractivity contribution in [3.63, 3.8) is 0 Å². The summed E-state index contributed by atoms with van der Waals surface area (Å²) in [6, 6.07) is 1.88. The second-order valence-corrected chi connectivity index (χ2v) is 6.63. The van der Waals surface area contributed by atoms with E-state index in [2.05, 4.69) is 17.1 Å². The van der Waals surface area contributed by atoms with Crippen molar-refractivity contribution in [2.75, 3.05) is 19.7 Å². The number of hydrogen-bond donors (Lipinski definition) is 1. The Morgan fingerprint density at radius 2 is 2.13 bits per heavy atom. The highest BCUT2D eigenvalue weighted by Gasteiger charge is 2.30. The van der Waals surface area contributed by atoms with Gasteiger partial charge in [-0.1, -0.05) is 13.3 Å². The molecule has 0 aliphatic carbocycles. The number of thiophene rings is 1. The lowest BCUT2D eigenvalue weighted by Gasteiger charge is -2.36. The number of carbonyl (C=O) groups is 2.